The molecule has 2 aromatic carbocycles. The van der Waals surface area contributed by atoms with Crippen molar-refractivity contribution in [3.63, 3.8) is 0 Å². The molecule has 1 heterocycles. The lowest BCUT2D eigenvalue weighted by Crippen LogP contribution is -2.15. The smallest absolute Gasteiger partial charge is 0.357 e. The summed E-state index contributed by atoms with van der Waals surface area (Å²) in [5.41, 5.74) is -0.665. The van der Waals surface area contributed by atoms with Crippen LogP contribution in [0, 0.1) is 5.82 Å². The summed E-state index contributed by atoms with van der Waals surface area (Å²) in [6.45, 7) is 0. The lowest BCUT2D eigenvalue weighted by Gasteiger charge is -2.11. The molecular formula is C20H15Cl2FN2O5. The molecule has 3 aromatic rings. The molecule has 156 valence electrons. The van der Waals surface area contributed by atoms with Crippen LogP contribution in [0.5, 0.6) is 5.75 Å². The number of halogens is 3. The predicted octanol–water partition coefficient (Wildman–Crippen LogP) is 4.57. The second kappa shape index (κ2) is 8.73. The summed E-state index contributed by atoms with van der Waals surface area (Å²) in [5, 5.41) is 4.10. The van der Waals surface area contributed by atoms with Crippen molar-refractivity contribution in [1.82, 2.24) is 9.78 Å². The van der Waals surface area contributed by atoms with Crippen LogP contribution in [-0.2, 0) is 9.47 Å². The zero-order valence-electron chi connectivity index (χ0n) is 16.0. The van der Waals surface area contributed by atoms with Crippen LogP contribution >= 0.6 is 23.2 Å². The van der Waals surface area contributed by atoms with Gasteiger partial charge in [-0.1, -0.05) is 41.4 Å². The van der Waals surface area contributed by atoms with Gasteiger partial charge in [-0.25, -0.2) is 18.7 Å². The van der Waals surface area contributed by atoms with Crippen LogP contribution < -0.4 is 4.74 Å². The molecule has 0 aliphatic heterocycles. The Balaban J connectivity index is 2.46. The number of ether oxygens (including phenoxy) is 3. The molecule has 1 aromatic heterocycles. The molecule has 0 saturated carbocycles. The van der Waals surface area contributed by atoms with Crippen molar-refractivity contribution in [1.29, 1.82) is 0 Å². The highest BCUT2D eigenvalue weighted by Gasteiger charge is 2.34. The van der Waals surface area contributed by atoms with E-state index in [1.165, 1.54) is 13.2 Å². The summed E-state index contributed by atoms with van der Waals surface area (Å²) in [6.07, 6.45) is 0. The summed E-state index contributed by atoms with van der Waals surface area (Å²) >= 11 is 12.2. The molecule has 0 spiro atoms. The average Bonchev–Trinajstić information content (AvgIpc) is 3.13. The number of hydrogen-bond acceptors (Lipinski definition) is 6. The SMILES string of the molecule is COC(=O)c1c(-c2c(Cl)cc(Cl)c(OC)c2F)nn(-c2ccccc2)c1C(=O)OC. The van der Waals surface area contributed by atoms with Crippen molar-refractivity contribution in [3.05, 3.63) is 63.5 Å². The first-order valence-electron chi connectivity index (χ1n) is 8.42. The Hall–Kier alpha value is -3.10. The molecule has 0 fully saturated rings. The first-order valence-corrected chi connectivity index (χ1v) is 9.18. The first-order chi connectivity index (χ1) is 14.3. The zero-order chi connectivity index (χ0) is 22.0. The Morgan fingerprint density at radius 2 is 1.63 bits per heavy atom. The van der Waals surface area contributed by atoms with E-state index in [2.05, 4.69) is 5.10 Å². The molecular weight excluding hydrogens is 438 g/mol. The van der Waals surface area contributed by atoms with Gasteiger partial charge in [0.1, 0.15) is 11.3 Å². The molecule has 0 N–H and O–H groups in total. The topological polar surface area (TPSA) is 79.7 Å². The number of benzene rings is 2. The number of aromatic nitrogens is 2. The van der Waals surface area contributed by atoms with Crippen LogP contribution in [0.4, 0.5) is 4.39 Å². The minimum atomic E-state index is -0.950. The van der Waals surface area contributed by atoms with Crippen molar-refractivity contribution in [2.45, 2.75) is 0 Å². The van der Waals surface area contributed by atoms with E-state index in [0.717, 1.165) is 18.9 Å². The summed E-state index contributed by atoms with van der Waals surface area (Å²) in [4.78, 5) is 25.2. The van der Waals surface area contributed by atoms with Gasteiger partial charge >= 0.3 is 11.9 Å². The summed E-state index contributed by atoms with van der Waals surface area (Å²) in [6, 6.07) is 9.70. The van der Waals surface area contributed by atoms with Crippen molar-refractivity contribution < 1.29 is 28.2 Å². The molecule has 3 rings (SSSR count). The normalized spacial score (nSPS) is 10.6. The molecule has 0 amide bonds. The fraction of sp³-hybridized carbons (Fsp3) is 0.150. The predicted molar refractivity (Wildman–Crippen MR) is 108 cm³/mol. The van der Waals surface area contributed by atoms with Gasteiger partial charge in [0.15, 0.2) is 17.3 Å². The third kappa shape index (κ3) is 3.59. The Labute approximate surface area is 180 Å². The number of rotatable bonds is 5. The summed E-state index contributed by atoms with van der Waals surface area (Å²) in [5.74, 6) is -3.05. The molecule has 0 bridgehead atoms. The summed E-state index contributed by atoms with van der Waals surface area (Å²) < 4.78 is 31.0. The second-order valence-electron chi connectivity index (χ2n) is 5.87. The third-order valence-corrected chi connectivity index (χ3v) is 4.80. The monoisotopic (exact) mass is 452 g/mol. The number of nitrogens with zero attached hydrogens (tertiary/aromatic N) is 2. The molecule has 0 aliphatic carbocycles. The Morgan fingerprint density at radius 1 is 1.00 bits per heavy atom. The minimum absolute atomic E-state index is 0.0703. The fourth-order valence-electron chi connectivity index (χ4n) is 2.91. The van der Waals surface area contributed by atoms with Crippen LogP contribution in [0.15, 0.2) is 36.4 Å². The van der Waals surface area contributed by atoms with Crippen LogP contribution in [0.2, 0.25) is 10.0 Å². The van der Waals surface area contributed by atoms with E-state index in [1.54, 1.807) is 30.3 Å². The molecule has 0 atom stereocenters. The lowest BCUT2D eigenvalue weighted by atomic mass is 10.0. The van der Waals surface area contributed by atoms with Crippen LogP contribution in [-0.4, -0.2) is 43.0 Å². The second-order valence-corrected chi connectivity index (χ2v) is 6.68. The Bertz CT molecular complexity index is 1130. The van der Waals surface area contributed by atoms with Crippen molar-refractivity contribution in [2.75, 3.05) is 21.3 Å². The van der Waals surface area contributed by atoms with Crippen molar-refractivity contribution in [2.24, 2.45) is 0 Å². The van der Waals surface area contributed by atoms with Gasteiger partial charge in [0.05, 0.1) is 42.6 Å². The van der Waals surface area contributed by atoms with E-state index >= 15 is 4.39 Å². The minimum Gasteiger partial charge on any atom is -0.492 e. The molecule has 0 unspecified atom stereocenters. The van der Waals surface area contributed by atoms with Gasteiger partial charge in [-0.15, -0.1) is 0 Å². The van der Waals surface area contributed by atoms with Crippen LogP contribution in [0.3, 0.4) is 0 Å². The zero-order valence-corrected chi connectivity index (χ0v) is 17.5. The Morgan fingerprint density at radius 3 is 2.20 bits per heavy atom. The first kappa shape index (κ1) is 21.6. The quantitative estimate of drug-likeness (QED) is 0.527. The van der Waals surface area contributed by atoms with Gasteiger partial charge in [0.2, 0.25) is 0 Å². The van der Waals surface area contributed by atoms with Gasteiger partial charge < -0.3 is 14.2 Å². The standard InChI is InChI=1S/C20H15Cl2FN2O5/c1-28-18-12(22)9-11(21)13(15(18)23)16-14(19(26)29-2)17(20(27)30-3)25(24-16)10-7-5-4-6-8-10/h4-9H,1-3H3. The van der Waals surface area contributed by atoms with Crippen LogP contribution in [0.1, 0.15) is 20.8 Å². The van der Waals surface area contributed by atoms with E-state index < -0.39 is 17.8 Å². The largest absolute Gasteiger partial charge is 0.492 e. The maximum Gasteiger partial charge on any atom is 0.357 e. The van der Waals surface area contributed by atoms with Gasteiger partial charge in [0, 0.05) is 0 Å². The highest BCUT2D eigenvalue weighted by Crippen LogP contribution is 2.42. The Kier molecular flexibility index (Phi) is 6.28. The van der Waals surface area contributed by atoms with E-state index in [4.69, 9.17) is 37.4 Å². The number of esters is 2. The van der Waals surface area contributed by atoms with Crippen LogP contribution in [0.25, 0.3) is 16.9 Å². The highest BCUT2D eigenvalue weighted by atomic mass is 35.5. The van der Waals surface area contributed by atoms with E-state index in [9.17, 15) is 9.59 Å². The van der Waals surface area contributed by atoms with Gasteiger partial charge in [-0.3, -0.25) is 0 Å². The molecule has 0 radical (unpaired) electrons. The third-order valence-electron chi connectivity index (χ3n) is 4.22. The summed E-state index contributed by atoms with van der Waals surface area (Å²) in [7, 11) is 3.49. The van der Waals surface area contributed by atoms with Gasteiger partial charge in [-0.2, -0.15) is 5.10 Å². The number of hydrogen-bond donors (Lipinski definition) is 0. The van der Waals surface area contributed by atoms with E-state index in [0.29, 0.717) is 5.69 Å². The average molecular weight is 453 g/mol. The molecule has 0 aliphatic rings. The van der Waals surface area contributed by atoms with Crippen molar-refractivity contribution >= 4 is 35.1 Å². The number of carbonyl (C=O) groups is 2. The fourth-order valence-corrected chi connectivity index (χ4v) is 3.51. The number of methoxy groups -OCH3 is 3. The molecule has 30 heavy (non-hydrogen) atoms. The lowest BCUT2D eigenvalue weighted by molar-refractivity contribution is 0.0549. The van der Waals surface area contributed by atoms with Gasteiger partial charge in [0.25, 0.3) is 0 Å². The van der Waals surface area contributed by atoms with Crippen molar-refractivity contribution in [3.8, 4) is 22.7 Å². The maximum atomic E-state index is 15.2. The van der Waals surface area contributed by atoms with E-state index in [1.807, 2.05) is 0 Å². The van der Waals surface area contributed by atoms with E-state index in [-0.39, 0.29) is 38.3 Å². The van der Waals surface area contributed by atoms with Gasteiger partial charge in [-0.05, 0) is 18.2 Å². The highest BCUT2D eigenvalue weighted by molar-refractivity contribution is 6.37. The maximum absolute atomic E-state index is 15.2. The molecule has 7 nitrogen and oxygen atoms in total. The number of carbonyl (C=O) groups excluding carboxylic acids is 2. The number of para-hydroxylation sites is 1. The molecule has 0 saturated heterocycles. The molecule has 10 heteroatoms.